The average molecular weight is 466 g/mol. The summed E-state index contributed by atoms with van der Waals surface area (Å²) in [6.07, 6.45) is 4.20. The number of carbonyl (C=O) groups is 1. The smallest absolute Gasteiger partial charge is 0.335 e. The number of aromatic nitrogens is 2. The molecule has 0 atom stereocenters. The summed E-state index contributed by atoms with van der Waals surface area (Å²) in [7, 11) is 1.43. The van der Waals surface area contributed by atoms with Gasteiger partial charge in [0.1, 0.15) is 5.82 Å². The van der Waals surface area contributed by atoms with Crippen LogP contribution >= 0.6 is 0 Å². The van der Waals surface area contributed by atoms with E-state index in [0.717, 1.165) is 68.2 Å². The molecule has 0 bridgehead atoms. The van der Waals surface area contributed by atoms with Gasteiger partial charge in [-0.3, -0.25) is 0 Å². The lowest BCUT2D eigenvalue weighted by atomic mass is 9.99. The molecule has 2 aromatic rings. The van der Waals surface area contributed by atoms with Crippen LogP contribution < -0.4 is 5.32 Å². The molecule has 7 nitrogen and oxygen atoms in total. The molecule has 0 fully saturated rings. The SMILES string of the molecule is CCN(CC)CCCNc1nc(-c2ccccc2)nc2c1C/C(C(=O)OC)=C\N(C(C)C)CC2. The Morgan fingerprint density at radius 3 is 2.56 bits per heavy atom. The predicted octanol–water partition coefficient (Wildman–Crippen LogP) is 4.15. The number of rotatable bonds is 10. The Balaban J connectivity index is 1.97. The number of benzene rings is 1. The molecule has 1 N–H and O–H groups in total. The lowest BCUT2D eigenvalue weighted by molar-refractivity contribution is -0.136. The molecule has 1 aliphatic rings. The maximum absolute atomic E-state index is 12.6. The van der Waals surface area contributed by atoms with Crippen LogP contribution in [0.5, 0.6) is 0 Å². The maximum Gasteiger partial charge on any atom is 0.335 e. The Morgan fingerprint density at radius 1 is 1.18 bits per heavy atom. The van der Waals surface area contributed by atoms with Crippen LogP contribution in [-0.2, 0) is 22.4 Å². The molecule has 0 aliphatic carbocycles. The molecule has 1 aromatic carbocycles. The normalized spacial score (nSPS) is 15.4. The number of carbonyl (C=O) groups excluding carboxylic acids is 1. The molecule has 0 spiro atoms. The zero-order valence-electron chi connectivity index (χ0n) is 21.3. The van der Waals surface area contributed by atoms with Gasteiger partial charge >= 0.3 is 5.97 Å². The Kier molecular flexibility index (Phi) is 9.45. The van der Waals surface area contributed by atoms with Crippen molar-refractivity contribution in [3.63, 3.8) is 0 Å². The van der Waals surface area contributed by atoms with Crippen LogP contribution in [-0.4, -0.2) is 71.6 Å². The van der Waals surface area contributed by atoms with Gasteiger partial charge in [-0.2, -0.15) is 0 Å². The van der Waals surface area contributed by atoms with Crippen molar-refractivity contribution in [3.05, 3.63) is 53.4 Å². The summed E-state index contributed by atoms with van der Waals surface area (Å²) in [5.74, 6) is 1.22. The van der Waals surface area contributed by atoms with Gasteiger partial charge in [-0.25, -0.2) is 14.8 Å². The van der Waals surface area contributed by atoms with Gasteiger partial charge in [0.2, 0.25) is 0 Å². The fourth-order valence-electron chi connectivity index (χ4n) is 4.23. The number of hydrogen-bond acceptors (Lipinski definition) is 7. The summed E-state index contributed by atoms with van der Waals surface area (Å²) >= 11 is 0. The maximum atomic E-state index is 12.6. The summed E-state index contributed by atoms with van der Waals surface area (Å²) in [4.78, 5) is 27.1. The second kappa shape index (κ2) is 12.5. The third-order valence-electron chi connectivity index (χ3n) is 6.37. The average Bonchev–Trinajstić information content (AvgIpc) is 2.84. The largest absolute Gasteiger partial charge is 0.466 e. The van der Waals surface area contributed by atoms with Crippen molar-refractivity contribution >= 4 is 11.8 Å². The number of anilines is 1. The molecule has 34 heavy (non-hydrogen) atoms. The third-order valence-corrected chi connectivity index (χ3v) is 6.37. The fourth-order valence-corrected chi connectivity index (χ4v) is 4.23. The molecule has 7 heteroatoms. The fraction of sp³-hybridized carbons (Fsp3) is 0.519. The van der Waals surface area contributed by atoms with Crippen molar-refractivity contribution in [1.82, 2.24) is 19.8 Å². The molecule has 0 saturated carbocycles. The molecule has 3 rings (SSSR count). The standard InChI is InChI=1S/C27H39N5O2/c1-6-31(7-2)16-11-15-28-26-23-18-22(27(33)34-5)19-32(20(3)4)17-14-24(23)29-25(30-26)21-12-9-8-10-13-21/h8-10,12-13,19-20H,6-7,11,14-18H2,1-5H3,(H,28,29,30)/b22-19+. The minimum atomic E-state index is -0.307. The highest BCUT2D eigenvalue weighted by molar-refractivity contribution is 5.89. The van der Waals surface area contributed by atoms with E-state index in [1.807, 2.05) is 36.5 Å². The van der Waals surface area contributed by atoms with E-state index >= 15 is 0 Å². The number of esters is 1. The lowest BCUT2D eigenvalue weighted by Gasteiger charge is -2.29. The lowest BCUT2D eigenvalue weighted by Crippen LogP contribution is -2.31. The van der Waals surface area contributed by atoms with Gasteiger partial charge < -0.3 is 19.9 Å². The monoisotopic (exact) mass is 465 g/mol. The van der Waals surface area contributed by atoms with E-state index in [4.69, 9.17) is 14.7 Å². The zero-order valence-corrected chi connectivity index (χ0v) is 21.3. The van der Waals surface area contributed by atoms with Crippen molar-refractivity contribution in [2.24, 2.45) is 0 Å². The van der Waals surface area contributed by atoms with Crippen LogP contribution in [0.3, 0.4) is 0 Å². The molecule has 184 valence electrons. The molecule has 1 aromatic heterocycles. The van der Waals surface area contributed by atoms with Gasteiger partial charge in [0.15, 0.2) is 5.82 Å². The van der Waals surface area contributed by atoms with Gasteiger partial charge in [0, 0.05) is 49.3 Å². The van der Waals surface area contributed by atoms with E-state index in [0.29, 0.717) is 17.8 Å². The van der Waals surface area contributed by atoms with Crippen molar-refractivity contribution < 1.29 is 9.53 Å². The summed E-state index contributed by atoms with van der Waals surface area (Å²) in [6, 6.07) is 10.4. The van der Waals surface area contributed by atoms with Crippen LogP contribution in [0.1, 0.15) is 45.4 Å². The summed E-state index contributed by atoms with van der Waals surface area (Å²) in [5, 5.41) is 3.58. The molecule has 0 radical (unpaired) electrons. The highest BCUT2D eigenvalue weighted by atomic mass is 16.5. The minimum absolute atomic E-state index is 0.273. The number of nitrogens with zero attached hydrogens (tertiary/aromatic N) is 4. The van der Waals surface area contributed by atoms with E-state index in [-0.39, 0.29) is 12.0 Å². The van der Waals surface area contributed by atoms with Gasteiger partial charge in [-0.05, 0) is 39.9 Å². The van der Waals surface area contributed by atoms with Crippen molar-refractivity contribution in [2.45, 2.75) is 53.0 Å². The van der Waals surface area contributed by atoms with Crippen LogP contribution in [0.25, 0.3) is 11.4 Å². The summed E-state index contributed by atoms with van der Waals surface area (Å²) < 4.78 is 5.11. The Labute approximate surface area is 204 Å². The highest BCUT2D eigenvalue weighted by Gasteiger charge is 2.24. The van der Waals surface area contributed by atoms with E-state index < -0.39 is 0 Å². The van der Waals surface area contributed by atoms with Gasteiger partial charge in [0.05, 0.1) is 18.4 Å². The van der Waals surface area contributed by atoms with Crippen LogP contribution in [0, 0.1) is 0 Å². The molecule has 0 saturated heterocycles. The third kappa shape index (κ3) is 6.56. The van der Waals surface area contributed by atoms with Crippen LogP contribution in [0.2, 0.25) is 0 Å². The molecule has 0 amide bonds. The first kappa shape index (κ1) is 25.7. The highest BCUT2D eigenvalue weighted by Crippen LogP contribution is 2.28. The summed E-state index contributed by atoms with van der Waals surface area (Å²) in [5.41, 5.74) is 3.59. The predicted molar refractivity (Wildman–Crippen MR) is 138 cm³/mol. The topological polar surface area (TPSA) is 70.6 Å². The van der Waals surface area contributed by atoms with Gasteiger partial charge in [-0.15, -0.1) is 0 Å². The zero-order chi connectivity index (χ0) is 24.5. The minimum Gasteiger partial charge on any atom is -0.466 e. The second-order valence-electron chi connectivity index (χ2n) is 8.90. The first-order chi connectivity index (χ1) is 16.5. The van der Waals surface area contributed by atoms with E-state index in [9.17, 15) is 4.79 Å². The first-order valence-corrected chi connectivity index (χ1v) is 12.4. The quantitative estimate of drug-likeness (QED) is 0.417. The van der Waals surface area contributed by atoms with Gasteiger partial charge in [0.25, 0.3) is 0 Å². The number of nitrogens with one attached hydrogen (secondary N) is 1. The van der Waals surface area contributed by atoms with E-state index in [1.54, 1.807) is 0 Å². The second-order valence-corrected chi connectivity index (χ2v) is 8.90. The molecule has 0 unspecified atom stereocenters. The number of fused-ring (bicyclic) bond motifs is 1. The summed E-state index contributed by atoms with van der Waals surface area (Å²) in [6.45, 7) is 13.4. The van der Waals surface area contributed by atoms with Crippen molar-refractivity contribution in [1.29, 1.82) is 0 Å². The van der Waals surface area contributed by atoms with Crippen LogP contribution in [0.15, 0.2) is 42.1 Å². The molecular weight excluding hydrogens is 426 g/mol. The number of methoxy groups -OCH3 is 1. The Hall–Kier alpha value is -2.93. The Morgan fingerprint density at radius 2 is 1.91 bits per heavy atom. The van der Waals surface area contributed by atoms with E-state index in [2.05, 4.69) is 42.8 Å². The van der Waals surface area contributed by atoms with Gasteiger partial charge in [-0.1, -0.05) is 44.2 Å². The Bertz CT molecular complexity index is 970. The van der Waals surface area contributed by atoms with E-state index in [1.165, 1.54) is 7.11 Å². The number of hydrogen-bond donors (Lipinski definition) is 1. The van der Waals surface area contributed by atoms with Crippen molar-refractivity contribution in [3.8, 4) is 11.4 Å². The molecular formula is C27H39N5O2. The number of ether oxygens (including phenoxy) is 1. The first-order valence-electron chi connectivity index (χ1n) is 12.4. The molecule has 1 aliphatic heterocycles. The van der Waals surface area contributed by atoms with Crippen LogP contribution in [0.4, 0.5) is 5.82 Å². The van der Waals surface area contributed by atoms with Crippen molar-refractivity contribution in [2.75, 3.05) is 45.2 Å². The molecule has 2 heterocycles.